The number of carbonyl (C=O) groups is 1. The highest BCUT2D eigenvalue weighted by molar-refractivity contribution is 7.85. The van der Waals surface area contributed by atoms with Crippen LogP contribution in [0.5, 0.6) is 0 Å². The number of oxime groups is 1. The number of carbonyl (C=O) groups excluding carboxylic acids is 1. The zero-order chi connectivity index (χ0) is 18.9. The lowest BCUT2D eigenvalue weighted by Crippen LogP contribution is -2.37. The molecule has 0 atom stereocenters. The quantitative estimate of drug-likeness (QED) is 0.459. The van der Waals surface area contributed by atoms with E-state index in [1.54, 1.807) is 30.3 Å². The molecule has 0 radical (unpaired) electrons. The van der Waals surface area contributed by atoms with Crippen molar-refractivity contribution in [3.05, 3.63) is 65.7 Å². The summed E-state index contributed by atoms with van der Waals surface area (Å²) in [6.07, 6.45) is 0.872. The molecule has 0 amide bonds. The molecular formula is C19H18N2O4S. The summed E-state index contributed by atoms with van der Waals surface area (Å²) in [7, 11) is -3.86. The maximum absolute atomic E-state index is 13.0. The van der Waals surface area contributed by atoms with Crippen molar-refractivity contribution in [2.75, 3.05) is 6.26 Å². The van der Waals surface area contributed by atoms with Gasteiger partial charge in [-0.05, 0) is 25.5 Å². The van der Waals surface area contributed by atoms with Gasteiger partial charge >= 0.3 is 10.1 Å². The number of ketones is 1. The van der Waals surface area contributed by atoms with Gasteiger partial charge in [0.05, 0.1) is 17.7 Å². The Morgan fingerprint density at radius 2 is 1.65 bits per heavy atom. The zero-order valence-corrected chi connectivity index (χ0v) is 15.4. The minimum absolute atomic E-state index is 0.122. The largest absolute Gasteiger partial charge is 0.325 e. The van der Waals surface area contributed by atoms with Gasteiger partial charge < -0.3 is 0 Å². The van der Waals surface area contributed by atoms with Gasteiger partial charge in [-0.2, -0.15) is 8.42 Å². The molecule has 1 aliphatic heterocycles. The van der Waals surface area contributed by atoms with Crippen LogP contribution in [0.3, 0.4) is 0 Å². The monoisotopic (exact) mass is 370 g/mol. The number of aliphatic imine (C=N–C) groups is 1. The first-order valence-electron chi connectivity index (χ1n) is 7.95. The molecule has 1 heterocycles. The van der Waals surface area contributed by atoms with Crippen LogP contribution in [0.25, 0.3) is 0 Å². The Bertz CT molecular complexity index is 1020. The molecule has 7 heteroatoms. The van der Waals surface area contributed by atoms with Crippen LogP contribution in [0.4, 0.5) is 5.69 Å². The van der Waals surface area contributed by atoms with E-state index >= 15 is 0 Å². The average molecular weight is 370 g/mol. The number of rotatable bonds is 5. The number of Topliss-reactive ketones (excluding diaryl/α,β-unsaturated/α-hetero) is 1. The molecule has 134 valence electrons. The van der Waals surface area contributed by atoms with E-state index in [4.69, 9.17) is 0 Å². The van der Waals surface area contributed by atoms with Crippen LogP contribution in [0.1, 0.15) is 29.8 Å². The van der Waals surface area contributed by atoms with Gasteiger partial charge in [0.15, 0.2) is 5.71 Å². The molecule has 26 heavy (non-hydrogen) atoms. The van der Waals surface area contributed by atoms with Crippen molar-refractivity contribution >= 4 is 33.0 Å². The van der Waals surface area contributed by atoms with Gasteiger partial charge in [0.25, 0.3) is 0 Å². The maximum atomic E-state index is 13.0. The molecular weight excluding hydrogens is 352 g/mol. The van der Waals surface area contributed by atoms with Crippen molar-refractivity contribution in [2.24, 2.45) is 10.1 Å². The highest BCUT2D eigenvalue weighted by atomic mass is 32.2. The number of nitrogens with zero attached hydrogens (tertiary/aromatic N) is 2. The van der Waals surface area contributed by atoms with Gasteiger partial charge in [-0.15, -0.1) is 0 Å². The van der Waals surface area contributed by atoms with E-state index < -0.39 is 21.3 Å². The van der Waals surface area contributed by atoms with Crippen LogP contribution < -0.4 is 0 Å². The van der Waals surface area contributed by atoms with Crippen LogP contribution in [0, 0.1) is 0 Å². The second kappa shape index (κ2) is 6.49. The third-order valence-corrected chi connectivity index (χ3v) is 4.49. The summed E-state index contributed by atoms with van der Waals surface area (Å²) in [4.78, 5) is 17.5. The highest BCUT2D eigenvalue weighted by Crippen LogP contribution is 2.40. The minimum atomic E-state index is -3.86. The Labute approximate surface area is 152 Å². The van der Waals surface area contributed by atoms with Gasteiger partial charge in [-0.1, -0.05) is 53.7 Å². The molecule has 0 saturated carbocycles. The molecule has 0 saturated heterocycles. The number of para-hydroxylation sites is 1. The van der Waals surface area contributed by atoms with E-state index in [0.717, 1.165) is 17.5 Å². The first-order chi connectivity index (χ1) is 12.2. The summed E-state index contributed by atoms with van der Waals surface area (Å²) in [6.45, 7) is 3.82. The molecule has 1 aliphatic rings. The summed E-state index contributed by atoms with van der Waals surface area (Å²) < 4.78 is 27.4. The predicted molar refractivity (Wildman–Crippen MR) is 101 cm³/mol. The lowest BCUT2D eigenvalue weighted by molar-refractivity contribution is 0.106. The lowest BCUT2D eigenvalue weighted by atomic mass is 9.78. The third kappa shape index (κ3) is 3.43. The van der Waals surface area contributed by atoms with Crippen molar-refractivity contribution in [3.8, 4) is 0 Å². The number of benzene rings is 2. The average Bonchev–Trinajstić information content (AvgIpc) is 2.86. The van der Waals surface area contributed by atoms with Gasteiger partial charge in [0.1, 0.15) is 0 Å². The molecule has 0 spiro atoms. The van der Waals surface area contributed by atoms with Crippen molar-refractivity contribution < 1.29 is 17.5 Å². The molecule has 0 unspecified atom stereocenters. The van der Waals surface area contributed by atoms with E-state index in [0.29, 0.717) is 11.3 Å². The Kier molecular flexibility index (Phi) is 4.50. The molecule has 6 nitrogen and oxygen atoms in total. The second-order valence-electron chi connectivity index (χ2n) is 6.52. The Hall–Kier alpha value is -2.80. The summed E-state index contributed by atoms with van der Waals surface area (Å²) in [5, 5.41) is 3.68. The van der Waals surface area contributed by atoms with Gasteiger partial charge in [0.2, 0.25) is 5.78 Å². The number of hydrogen-bond donors (Lipinski definition) is 0. The molecule has 0 fully saturated rings. The zero-order valence-electron chi connectivity index (χ0n) is 14.6. The van der Waals surface area contributed by atoms with E-state index in [1.165, 1.54) is 0 Å². The van der Waals surface area contributed by atoms with Crippen molar-refractivity contribution in [1.82, 2.24) is 0 Å². The van der Waals surface area contributed by atoms with Gasteiger partial charge in [0, 0.05) is 11.0 Å². The Morgan fingerprint density at radius 1 is 1.04 bits per heavy atom. The molecule has 0 aliphatic carbocycles. The van der Waals surface area contributed by atoms with E-state index in [1.807, 2.05) is 38.1 Å². The highest BCUT2D eigenvalue weighted by Gasteiger charge is 2.40. The summed E-state index contributed by atoms with van der Waals surface area (Å²) in [5.74, 6) is -0.450. The molecule has 2 aromatic rings. The normalized spacial score (nSPS) is 16.0. The topological polar surface area (TPSA) is 85.2 Å². The van der Waals surface area contributed by atoms with E-state index in [9.17, 15) is 13.2 Å². The molecule has 3 rings (SSSR count). The van der Waals surface area contributed by atoms with Crippen LogP contribution in [-0.4, -0.2) is 31.9 Å². The third-order valence-electron chi connectivity index (χ3n) is 4.14. The Morgan fingerprint density at radius 3 is 2.27 bits per heavy atom. The summed E-state index contributed by atoms with van der Waals surface area (Å²) >= 11 is 0. The van der Waals surface area contributed by atoms with Crippen molar-refractivity contribution in [3.63, 3.8) is 0 Å². The summed E-state index contributed by atoms with van der Waals surface area (Å²) in [5.41, 5.74) is 1.65. The molecule has 0 bridgehead atoms. The molecule has 0 aromatic heterocycles. The second-order valence-corrected chi connectivity index (χ2v) is 8.07. The van der Waals surface area contributed by atoms with Crippen LogP contribution in [0.15, 0.2) is 64.7 Å². The lowest BCUT2D eigenvalue weighted by Gasteiger charge is -2.22. The first kappa shape index (κ1) is 18.0. The van der Waals surface area contributed by atoms with Crippen LogP contribution in [-0.2, 0) is 19.8 Å². The van der Waals surface area contributed by atoms with Gasteiger partial charge in [-0.25, -0.2) is 4.99 Å². The number of hydrogen-bond acceptors (Lipinski definition) is 6. The maximum Gasteiger partial charge on any atom is 0.325 e. The number of fused-ring (bicyclic) bond motifs is 1. The van der Waals surface area contributed by atoms with Crippen molar-refractivity contribution in [1.29, 1.82) is 0 Å². The van der Waals surface area contributed by atoms with Gasteiger partial charge in [-0.3, -0.25) is 9.08 Å². The Balaban J connectivity index is 2.12. The van der Waals surface area contributed by atoms with E-state index in [-0.39, 0.29) is 5.71 Å². The SMILES string of the molecule is CC1(C)C(/C(=N/OS(C)(=O)=O)C(=O)c2ccccc2)=Nc2ccccc21. The fraction of sp³-hybridized carbons (Fsp3) is 0.211. The van der Waals surface area contributed by atoms with Crippen LogP contribution in [0.2, 0.25) is 0 Å². The summed E-state index contributed by atoms with van der Waals surface area (Å²) in [6, 6.07) is 16.0. The fourth-order valence-corrected chi connectivity index (χ4v) is 3.07. The van der Waals surface area contributed by atoms with E-state index in [2.05, 4.69) is 14.4 Å². The predicted octanol–water partition coefficient (Wildman–Crippen LogP) is 3.27. The van der Waals surface area contributed by atoms with Crippen molar-refractivity contribution in [2.45, 2.75) is 19.3 Å². The smallest absolute Gasteiger partial charge is 0.287 e. The first-order valence-corrected chi connectivity index (χ1v) is 9.77. The molecule has 2 aromatic carbocycles. The van der Waals surface area contributed by atoms with Crippen LogP contribution >= 0.6 is 0 Å². The standard InChI is InChI=1S/C19H18N2O4S/c1-19(2)14-11-7-8-12-15(14)20-18(19)16(21-25-26(3,23)24)17(22)13-9-5-4-6-10-13/h4-12H,1-3H3/b21-16+. The fourth-order valence-electron chi connectivity index (χ4n) is 2.86. The minimum Gasteiger partial charge on any atom is -0.287 e. The molecule has 0 N–H and O–H groups in total.